The molecule has 2 amide bonds. The van der Waals surface area contributed by atoms with Gasteiger partial charge in [0.25, 0.3) is 0 Å². The van der Waals surface area contributed by atoms with E-state index in [4.69, 9.17) is 21.1 Å². The minimum absolute atomic E-state index is 0.0216. The van der Waals surface area contributed by atoms with Crippen molar-refractivity contribution in [2.75, 3.05) is 12.4 Å². The van der Waals surface area contributed by atoms with Gasteiger partial charge in [-0.2, -0.15) is 4.39 Å². The van der Waals surface area contributed by atoms with Gasteiger partial charge < -0.3 is 19.7 Å². The number of nitrogens with one attached hydrogen (secondary N) is 1. The zero-order valence-electron chi connectivity index (χ0n) is 16.6. The number of pyridine rings is 1. The second-order valence-electron chi connectivity index (χ2n) is 8.17. The van der Waals surface area contributed by atoms with Crippen molar-refractivity contribution in [3.05, 3.63) is 52.6 Å². The Kier molecular flexibility index (Phi) is 5.03. The van der Waals surface area contributed by atoms with E-state index in [0.29, 0.717) is 28.4 Å². The molecule has 6 nitrogen and oxygen atoms in total. The number of carbonyl (C=O) groups excluding carboxylic acids is 1. The fourth-order valence-electron chi connectivity index (χ4n) is 4.77. The molecule has 2 fully saturated rings. The summed E-state index contributed by atoms with van der Waals surface area (Å²) in [6.07, 6.45) is 5.69. The Morgan fingerprint density at radius 2 is 2.10 bits per heavy atom. The van der Waals surface area contributed by atoms with Crippen molar-refractivity contribution in [1.29, 1.82) is 0 Å². The second-order valence-corrected chi connectivity index (χ2v) is 8.58. The summed E-state index contributed by atoms with van der Waals surface area (Å²) in [5, 5.41) is 3.39. The predicted octanol–water partition coefficient (Wildman–Crippen LogP) is 4.72. The van der Waals surface area contributed by atoms with Crippen LogP contribution in [0.5, 0.6) is 5.75 Å². The van der Waals surface area contributed by atoms with E-state index in [0.717, 1.165) is 31.2 Å². The van der Waals surface area contributed by atoms with Crippen LogP contribution in [0.15, 0.2) is 30.5 Å². The van der Waals surface area contributed by atoms with Crippen LogP contribution in [-0.4, -0.2) is 41.3 Å². The summed E-state index contributed by atoms with van der Waals surface area (Å²) in [5.41, 5.74) is 2.11. The van der Waals surface area contributed by atoms with Crippen molar-refractivity contribution >= 4 is 23.3 Å². The maximum Gasteiger partial charge on any atom is 0.322 e. The van der Waals surface area contributed by atoms with Gasteiger partial charge >= 0.3 is 6.03 Å². The molecule has 0 radical (unpaired) electrons. The van der Waals surface area contributed by atoms with E-state index in [2.05, 4.69) is 10.3 Å². The third-order valence-electron chi connectivity index (χ3n) is 6.44. The molecule has 2 atom stereocenters. The molecular weight excluding hydrogens is 409 g/mol. The van der Waals surface area contributed by atoms with E-state index < -0.39 is 5.95 Å². The van der Waals surface area contributed by atoms with E-state index in [1.807, 2.05) is 11.0 Å². The van der Waals surface area contributed by atoms with Gasteiger partial charge in [0.15, 0.2) is 0 Å². The number of hydrogen-bond donors (Lipinski definition) is 1. The van der Waals surface area contributed by atoms with Crippen molar-refractivity contribution < 1.29 is 18.7 Å². The molecule has 5 rings (SSSR count). The maximum atomic E-state index is 14.1. The van der Waals surface area contributed by atoms with Crippen LogP contribution in [0, 0.1) is 5.95 Å². The van der Waals surface area contributed by atoms with Crippen LogP contribution < -0.4 is 10.1 Å². The number of urea groups is 1. The van der Waals surface area contributed by atoms with Crippen LogP contribution in [0.4, 0.5) is 14.9 Å². The number of benzene rings is 1. The van der Waals surface area contributed by atoms with Crippen molar-refractivity contribution in [1.82, 2.24) is 9.88 Å². The summed E-state index contributed by atoms with van der Waals surface area (Å²) in [6, 6.07) is 6.74. The highest BCUT2D eigenvalue weighted by atomic mass is 35.5. The van der Waals surface area contributed by atoms with Crippen LogP contribution in [0.2, 0.25) is 5.02 Å². The maximum absolute atomic E-state index is 14.1. The minimum Gasteiger partial charge on any atom is -0.489 e. The molecule has 3 aliphatic rings. The summed E-state index contributed by atoms with van der Waals surface area (Å²) in [4.78, 5) is 18.6. The first-order valence-corrected chi connectivity index (χ1v) is 10.6. The second kappa shape index (κ2) is 7.71. The molecule has 158 valence electrons. The molecule has 30 heavy (non-hydrogen) atoms. The lowest BCUT2D eigenvalue weighted by molar-refractivity contribution is -0.0380. The lowest BCUT2D eigenvalue weighted by Crippen LogP contribution is -2.44. The first-order valence-electron chi connectivity index (χ1n) is 10.2. The fraction of sp³-hybridized carbons (Fsp3) is 0.455. The molecule has 1 aliphatic carbocycles. The Labute approximate surface area is 179 Å². The highest BCUT2D eigenvalue weighted by molar-refractivity contribution is 6.32. The van der Waals surface area contributed by atoms with Gasteiger partial charge in [-0.1, -0.05) is 11.6 Å². The van der Waals surface area contributed by atoms with Crippen molar-refractivity contribution in [2.24, 2.45) is 0 Å². The SMILES string of the molecule is COC1CC(Oc2ccc(NC(=O)N3[C@H]4CC[C@@H]3c3ccnc(F)c3C4)cc2Cl)C1. The van der Waals surface area contributed by atoms with Crippen LogP contribution in [-0.2, 0) is 11.2 Å². The van der Waals surface area contributed by atoms with Crippen LogP contribution in [0.3, 0.4) is 0 Å². The number of nitrogens with zero attached hydrogens (tertiary/aromatic N) is 2. The van der Waals surface area contributed by atoms with Gasteiger partial charge in [-0.05, 0) is 49.1 Å². The number of halogens is 2. The summed E-state index contributed by atoms with van der Waals surface area (Å²) in [5.74, 6) is 0.180. The van der Waals surface area contributed by atoms with Crippen LogP contribution >= 0.6 is 11.6 Å². The van der Waals surface area contributed by atoms with E-state index in [-0.39, 0.29) is 30.3 Å². The Bertz CT molecular complexity index is 982. The van der Waals surface area contributed by atoms with E-state index >= 15 is 0 Å². The summed E-state index contributed by atoms with van der Waals surface area (Å²) < 4.78 is 25.3. The van der Waals surface area contributed by atoms with Crippen molar-refractivity contribution in [3.63, 3.8) is 0 Å². The van der Waals surface area contributed by atoms with Crippen LogP contribution in [0.25, 0.3) is 0 Å². The Balaban J connectivity index is 1.27. The van der Waals surface area contributed by atoms with Gasteiger partial charge in [0, 0.05) is 43.4 Å². The Morgan fingerprint density at radius 1 is 1.27 bits per heavy atom. The molecule has 1 aromatic carbocycles. The van der Waals surface area contributed by atoms with E-state index in [9.17, 15) is 9.18 Å². The number of anilines is 1. The molecule has 1 N–H and O–H groups in total. The number of ether oxygens (including phenoxy) is 2. The zero-order valence-corrected chi connectivity index (χ0v) is 17.4. The quantitative estimate of drug-likeness (QED) is 0.711. The minimum atomic E-state index is -0.421. The van der Waals surface area contributed by atoms with E-state index in [1.54, 1.807) is 25.3 Å². The molecular formula is C22H23ClFN3O3. The highest BCUT2D eigenvalue weighted by Gasteiger charge is 2.43. The number of methoxy groups -OCH3 is 1. The molecule has 3 heterocycles. The average Bonchev–Trinajstić information content (AvgIpc) is 3.01. The first kappa shape index (κ1) is 19.6. The van der Waals surface area contributed by atoms with Gasteiger partial charge in [-0.25, -0.2) is 9.78 Å². The highest BCUT2D eigenvalue weighted by Crippen LogP contribution is 2.44. The zero-order chi connectivity index (χ0) is 20.8. The number of amides is 2. The van der Waals surface area contributed by atoms with Gasteiger partial charge in [0.1, 0.15) is 11.9 Å². The smallest absolute Gasteiger partial charge is 0.322 e. The van der Waals surface area contributed by atoms with Crippen molar-refractivity contribution in [3.8, 4) is 5.75 Å². The normalized spacial score (nSPS) is 26.7. The molecule has 1 saturated carbocycles. The number of fused-ring (bicyclic) bond motifs is 4. The predicted molar refractivity (Wildman–Crippen MR) is 110 cm³/mol. The van der Waals surface area contributed by atoms with Gasteiger partial charge in [-0.15, -0.1) is 0 Å². The monoisotopic (exact) mass is 431 g/mol. The largest absolute Gasteiger partial charge is 0.489 e. The number of aromatic nitrogens is 1. The first-order chi connectivity index (χ1) is 14.5. The third-order valence-corrected chi connectivity index (χ3v) is 6.73. The topological polar surface area (TPSA) is 63.7 Å². The molecule has 8 heteroatoms. The van der Waals surface area contributed by atoms with E-state index in [1.165, 1.54) is 6.20 Å². The van der Waals surface area contributed by atoms with Crippen molar-refractivity contribution in [2.45, 2.75) is 56.4 Å². The standard InChI is InChI=1S/C22H23ClFN3O3/c1-29-14-10-15(11-14)30-20-5-2-12(8-18(20)23)26-22(28)27-13-3-4-19(27)16-6-7-25-21(24)17(16)9-13/h2,5-8,13-15,19H,3-4,9-11H2,1H3,(H,26,28)/t13-,14?,15?,19+/m0/s1. The van der Waals surface area contributed by atoms with Crippen LogP contribution in [0.1, 0.15) is 42.9 Å². The van der Waals surface area contributed by atoms with Gasteiger partial charge in [0.05, 0.1) is 17.2 Å². The number of carbonyl (C=O) groups is 1. The summed E-state index contributed by atoms with van der Waals surface area (Å²) in [7, 11) is 1.70. The summed E-state index contributed by atoms with van der Waals surface area (Å²) in [6.45, 7) is 0. The molecule has 2 aromatic rings. The molecule has 1 saturated heterocycles. The Morgan fingerprint density at radius 3 is 2.87 bits per heavy atom. The molecule has 0 spiro atoms. The molecule has 2 aliphatic heterocycles. The Hall–Kier alpha value is -2.38. The third kappa shape index (κ3) is 3.40. The summed E-state index contributed by atoms with van der Waals surface area (Å²) >= 11 is 6.38. The molecule has 1 aromatic heterocycles. The van der Waals surface area contributed by atoms with Gasteiger partial charge in [0.2, 0.25) is 5.95 Å². The fourth-order valence-corrected chi connectivity index (χ4v) is 5.00. The number of hydrogen-bond acceptors (Lipinski definition) is 4. The lowest BCUT2D eigenvalue weighted by atomic mass is 9.92. The van der Waals surface area contributed by atoms with Gasteiger partial charge in [-0.3, -0.25) is 0 Å². The lowest BCUT2D eigenvalue weighted by Gasteiger charge is -2.36. The average molecular weight is 432 g/mol. The number of rotatable bonds is 4. The molecule has 2 bridgehead atoms. The molecule has 0 unspecified atom stereocenters.